The minimum absolute atomic E-state index is 0.0104. The van der Waals surface area contributed by atoms with Gasteiger partial charge in [-0.25, -0.2) is 17.5 Å². The lowest BCUT2D eigenvalue weighted by molar-refractivity contribution is -0.123. The normalized spacial score (nSPS) is 20.6. The number of hydrogen-bond donors (Lipinski definition) is 3. The van der Waals surface area contributed by atoms with Gasteiger partial charge in [0.05, 0.1) is 12.0 Å². The van der Waals surface area contributed by atoms with E-state index in [1.807, 2.05) is 13.8 Å². The molecule has 10 heteroatoms. The zero-order valence-corrected chi connectivity index (χ0v) is 16.9. The van der Waals surface area contributed by atoms with E-state index in [1.165, 1.54) is 43.6 Å². The van der Waals surface area contributed by atoms with Crippen LogP contribution in [0.2, 0.25) is 0 Å². The van der Waals surface area contributed by atoms with Crippen LogP contribution >= 0.6 is 0 Å². The van der Waals surface area contributed by atoms with Gasteiger partial charge in [0.25, 0.3) is 5.91 Å². The van der Waals surface area contributed by atoms with Crippen molar-refractivity contribution in [3.05, 3.63) is 23.8 Å². The molecule has 0 saturated carbocycles. The highest BCUT2D eigenvalue weighted by atomic mass is 32.2. The molecule has 0 aromatic heterocycles. The summed E-state index contributed by atoms with van der Waals surface area (Å²) < 4.78 is 32.5. The van der Waals surface area contributed by atoms with Gasteiger partial charge in [0.15, 0.2) is 0 Å². The van der Waals surface area contributed by atoms with Crippen LogP contribution in [-0.2, 0) is 20.4 Å². The summed E-state index contributed by atoms with van der Waals surface area (Å²) in [5.74, 6) is -0.295. The summed E-state index contributed by atoms with van der Waals surface area (Å²) in [6.07, 6.45) is 0. The molecular weight excluding hydrogens is 372 g/mol. The quantitative estimate of drug-likeness (QED) is 0.568. The molecule has 1 atom stereocenters. The first-order valence-corrected chi connectivity index (χ1v) is 9.80. The van der Waals surface area contributed by atoms with E-state index < -0.39 is 32.9 Å². The SMILES string of the molecule is COc1ccc(S(=O)(=O)N(C)CC(C)(C)CN)cc1C1(C)NC(=O)NC1=O. The van der Waals surface area contributed by atoms with Crippen molar-refractivity contribution in [1.82, 2.24) is 14.9 Å². The fourth-order valence-corrected chi connectivity index (χ4v) is 4.29. The van der Waals surface area contributed by atoms with Crippen molar-refractivity contribution in [1.29, 1.82) is 0 Å². The Hall–Kier alpha value is -2.17. The molecule has 1 aliphatic rings. The van der Waals surface area contributed by atoms with E-state index in [-0.39, 0.29) is 17.0 Å². The molecule has 0 radical (unpaired) electrons. The number of carbonyl (C=O) groups is 2. The minimum Gasteiger partial charge on any atom is -0.496 e. The first-order chi connectivity index (χ1) is 12.4. The number of ether oxygens (including phenoxy) is 1. The third-order valence-electron chi connectivity index (χ3n) is 4.67. The van der Waals surface area contributed by atoms with Crippen molar-refractivity contribution in [2.24, 2.45) is 11.1 Å². The number of carbonyl (C=O) groups excluding carboxylic acids is 2. The van der Waals surface area contributed by atoms with E-state index in [1.54, 1.807) is 0 Å². The molecule has 0 bridgehead atoms. The summed E-state index contributed by atoms with van der Waals surface area (Å²) in [7, 11) is -0.961. The predicted octanol–water partition coefficient (Wildman–Crippen LogP) is 0.355. The number of rotatable bonds is 7. The van der Waals surface area contributed by atoms with Crippen LogP contribution in [0.4, 0.5) is 4.79 Å². The zero-order valence-electron chi connectivity index (χ0n) is 16.1. The van der Waals surface area contributed by atoms with E-state index in [0.717, 1.165) is 0 Å². The number of benzene rings is 1. The van der Waals surface area contributed by atoms with Gasteiger partial charge in [-0.05, 0) is 37.1 Å². The molecule has 0 spiro atoms. The summed E-state index contributed by atoms with van der Waals surface area (Å²) in [6.45, 7) is 5.78. The van der Waals surface area contributed by atoms with E-state index in [0.29, 0.717) is 12.3 Å². The lowest BCUT2D eigenvalue weighted by Crippen LogP contribution is -2.41. The highest BCUT2D eigenvalue weighted by molar-refractivity contribution is 7.89. The van der Waals surface area contributed by atoms with Crippen molar-refractivity contribution in [3.63, 3.8) is 0 Å². The fourth-order valence-electron chi connectivity index (χ4n) is 2.90. The maximum absolute atomic E-state index is 13.0. The van der Waals surface area contributed by atoms with E-state index in [4.69, 9.17) is 10.5 Å². The highest BCUT2D eigenvalue weighted by Crippen LogP contribution is 2.35. The molecule has 9 nitrogen and oxygen atoms in total. The van der Waals surface area contributed by atoms with E-state index >= 15 is 0 Å². The van der Waals surface area contributed by atoms with Crippen LogP contribution in [0.15, 0.2) is 23.1 Å². The average molecular weight is 398 g/mol. The van der Waals surface area contributed by atoms with Gasteiger partial charge in [0, 0.05) is 19.2 Å². The van der Waals surface area contributed by atoms with Gasteiger partial charge in [0.2, 0.25) is 10.0 Å². The number of nitrogens with zero attached hydrogens (tertiary/aromatic N) is 1. The molecule has 0 aliphatic carbocycles. The molecule has 1 fully saturated rings. The molecule has 3 amide bonds. The lowest BCUT2D eigenvalue weighted by Gasteiger charge is -2.29. The van der Waals surface area contributed by atoms with Crippen LogP contribution in [0.5, 0.6) is 5.75 Å². The number of imide groups is 1. The summed E-state index contributed by atoms with van der Waals surface area (Å²) in [5, 5.41) is 4.68. The van der Waals surface area contributed by atoms with Crippen LogP contribution in [0.1, 0.15) is 26.3 Å². The summed E-state index contributed by atoms with van der Waals surface area (Å²) in [5.41, 5.74) is 4.11. The van der Waals surface area contributed by atoms with Gasteiger partial charge in [-0.15, -0.1) is 0 Å². The van der Waals surface area contributed by atoms with Crippen LogP contribution in [0, 0.1) is 5.41 Å². The largest absolute Gasteiger partial charge is 0.496 e. The van der Waals surface area contributed by atoms with Crippen LogP contribution in [0.25, 0.3) is 0 Å². The number of nitrogens with one attached hydrogen (secondary N) is 2. The molecule has 2 rings (SSSR count). The number of methoxy groups -OCH3 is 1. The first kappa shape index (κ1) is 21.1. The summed E-state index contributed by atoms with van der Waals surface area (Å²) >= 11 is 0. The van der Waals surface area contributed by atoms with E-state index in [9.17, 15) is 18.0 Å². The average Bonchev–Trinajstić information content (AvgIpc) is 2.86. The number of sulfonamides is 1. The molecule has 1 aromatic rings. The molecule has 1 aromatic carbocycles. The molecule has 1 aliphatic heterocycles. The minimum atomic E-state index is -3.84. The van der Waals surface area contributed by atoms with Gasteiger partial charge in [-0.1, -0.05) is 13.8 Å². The van der Waals surface area contributed by atoms with Crippen molar-refractivity contribution in [2.45, 2.75) is 31.2 Å². The second-order valence-corrected chi connectivity index (χ2v) is 9.57. The third-order valence-corrected chi connectivity index (χ3v) is 6.47. The molecule has 4 N–H and O–H groups in total. The Bertz CT molecular complexity index is 868. The molecule has 1 saturated heterocycles. The van der Waals surface area contributed by atoms with Crippen LogP contribution in [0.3, 0.4) is 0 Å². The smallest absolute Gasteiger partial charge is 0.322 e. The fraction of sp³-hybridized carbons (Fsp3) is 0.529. The second-order valence-electron chi connectivity index (χ2n) is 7.52. The molecule has 1 heterocycles. The lowest BCUT2D eigenvalue weighted by atomic mass is 9.91. The van der Waals surface area contributed by atoms with Crippen LogP contribution in [-0.4, -0.2) is 51.9 Å². The molecule has 150 valence electrons. The monoisotopic (exact) mass is 398 g/mol. The summed E-state index contributed by atoms with van der Waals surface area (Å²) in [6, 6.07) is 3.57. The Morgan fingerprint density at radius 2 is 1.93 bits per heavy atom. The van der Waals surface area contributed by atoms with Crippen LogP contribution < -0.4 is 21.1 Å². The Morgan fingerprint density at radius 3 is 2.41 bits per heavy atom. The number of urea groups is 1. The topological polar surface area (TPSA) is 131 Å². The van der Waals surface area contributed by atoms with Gasteiger partial charge >= 0.3 is 6.03 Å². The zero-order chi connectivity index (χ0) is 20.6. The second kappa shape index (κ2) is 7.10. The number of nitrogens with two attached hydrogens (primary N) is 1. The maximum Gasteiger partial charge on any atom is 0.322 e. The predicted molar refractivity (Wildman–Crippen MR) is 99.7 cm³/mol. The molecule has 27 heavy (non-hydrogen) atoms. The number of hydrogen-bond acceptors (Lipinski definition) is 6. The number of amides is 3. The summed E-state index contributed by atoms with van der Waals surface area (Å²) in [4.78, 5) is 23.9. The molecular formula is C17H26N4O5S. The standard InChI is InChI=1S/C17H26N4O5S/c1-16(2,9-18)10-21(4)27(24,25)11-6-7-13(26-5)12(8-11)17(3)14(22)19-15(23)20-17/h6-8H,9-10,18H2,1-5H3,(H2,19,20,22,23). The van der Waals surface area contributed by atoms with Crippen molar-refractivity contribution < 1.29 is 22.7 Å². The molecule has 1 unspecified atom stereocenters. The van der Waals surface area contributed by atoms with Crippen molar-refractivity contribution >= 4 is 22.0 Å². The maximum atomic E-state index is 13.0. The highest BCUT2D eigenvalue weighted by Gasteiger charge is 2.45. The Morgan fingerprint density at radius 1 is 1.30 bits per heavy atom. The third kappa shape index (κ3) is 3.92. The Labute approximate surface area is 159 Å². The van der Waals surface area contributed by atoms with Gasteiger partial charge in [-0.2, -0.15) is 0 Å². The van der Waals surface area contributed by atoms with Crippen molar-refractivity contribution in [3.8, 4) is 5.75 Å². The van der Waals surface area contributed by atoms with Crippen molar-refractivity contribution in [2.75, 3.05) is 27.2 Å². The Balaban J connectivity index is 2.51. The van der Waals surface area contributed by atoms with Gasteiger partial charge in [0.1, 0.15) is 11.3 Å². The first-order valence-electron chi connectivity index (χ1n) is 8.36. The van der Waals surface area contributed by atoms with E-state index in [2.05, 4.69) is 10.6 Å². The Kier molecular flexibility index (Phi) is 5.56. The van der Waals surface area contributed by atoms with Gasteiger partial charge in [-0.3, -0.25) is 10.1 Å². The van der Waals surface area contributed by atoms with Gasteiger partial charge < -0.3 is 15.8 Å².